The third-order valence-electron chi connectivity index (χ3n) is 3.41. The number of aromatic nitrogens is 1. The number of rotatable bonds is 2. The highest BCUT2D eigenvalue weighted by atomic mass is 35.5. The van der Waals surface area contributed by atoms with E-state index >= 15 is 0 Å². The average Bonchev–Trinajstić information content (AvgIpc) is 2.44. The van der Waals surface area contributed by atoms with Gasteiger partial charge in [0.05, 0.1) is 6.54 Å². The van der Waals surface area contributed by atoms with Gasteiger partial charge in [0.25, 0.3) is 0 Å². The average molecular weight is 307 g/mol. The van der Waals surface area contributed by atoms with Gasteiger partial charge in [-0.3, -0.25) is 4.79 Å². The lowest BCUT2D eigenvalue weighted by Gasteiger charge is -2.29. The van der Waals surface area contributed by atoms with Crippen molar-refractivity contribution in [1.82, 2.24) is 4.98 Å². The number of aryl methyl sites for hydroxylation is 1. The summed E-state index contributed by atoms with van der Waals surface area (Å²) in [4.78, 5) is 17.9. The number of nitrogens with zero attached hydrogens (tertiary/aromatic N) is 2. The lowest BCUT2D eigenvalue weighted by Crippen LogP contribution is -2.34. The monoisotopic (exact) mass is 306 g/mol. The Morgan fingerprint density at radius 1 is 1.10 bits per heavy atom. The van der Waals surface area contributed by atoms with E-state index in [0.717, 1.165) is 17.7 Å². The minimum atomic E-state index is 0.106. The van der Waals surface area contributed by atoms with Crippen molar-refractivity contribution in [2.45, 2.75) is 19.4 Å². The van der Waals surface area contributed by atoms with Crippen molar-refractivity contribution in [3.8, 4) is 0 Å². The number of hydrogen-bond donors (Lipinski definition) is 0. The number of fused-ring (bicyclic) bond motifs is 1. The SMILES string of the molecule is O=C1CCc2ccccc2N1Cc1ccc(Cl)nc1Cl. The van der Waals surface area contributed by atoms with Crippen LogP contribution in [0.5, 0.6) is 0 Å². The van der Waals surface area contributed by atoms with Crippen LogP contribution in [0.4, 0.5) is 5.69 Å². The predicted molar refractivity (Wildman–Crippen MR) is 80.2 cm³/mol. The largest absolute Gasteiger partial charge is 0.308 e. The van der Waals surface area contributed by atoms with Crippen molar-refractivity contribution >= 4 is 34.8 Å². The summed E-state index contributed by atoms with van der Waals surface area (Å²) in [6.07, 6.45) is 1.31. The van der Waals surface area contributed by atoms with Gasteiger partial charge in [-0.05, 0) is 24.1 Å². The molecule has 1 aliphatic rings. The Morgan fingerprint density at radius 2 is 1.90 bits per heavy atom. The topological polar surface area (TPSA) is 33.2 Å². The summed E-state index contributed by atoms with van der Waals surface area (Å²) in [5.74, 6) is 0.106. The number of para-hydroxylation sites is 1. The van der Waals surface area contributed by atoms with Gasteiger partial charge in [0.15, 0.2) is 0 Å². The molecule has 0 saturated carbocycles. The molecule has 0 saturated heterocycles. The minimum absolute atomic E-state index is 0.106. The number of anilines is 1. The Hall–Kier alpha value is -1.58. The summed E-state index contributed by atoms with van der Waals surface area (Å²) in [6.45, 7) is 0.416. The highest BCUT2D eigenvalue weighted by Crippen LogP contribution is 2.30. The first kappa shape index (κ1) is 13.4. The molecule has 0 unspecified atom stereocenters. The van der Waals surface area contributed by atoms with E-state index in [4.69, 9.17) is 23.2 Å². The number of pyridine rings is 1. The highest BCUT2D eigenvalue weighted by molar-refractivity contribution is 6.32. The molecule has 20 heavy (non-hydrogen) atoms. The van der Waals surface area contributed by atoms with Crippen LogP contribution in [0.2, 0.25) is 10.3 Å². The molecule has 0 aliphatic carbocycles. The van der Waals surface area contributed by atoms with E-state index in [-0.39, 0.29) is 5.91 Å². The smallest absolute Gasteiger partial charge is 0.227 e. The van der Waals surface area contributed by atoms with Crippen molar-refractivity contribution in [2.24, 2.45) is 0 Å². The van der Waals surface area contributed by atoms with Crippen molar-refractivity contribution in [3.05, 3.63) is 57.8 Å². The molecule has 1 amide bonds. The molecule has 2 aromatic rings. The van der Waals surface area contributed by atoms with Gasteiger partial charge in [0.1, 0.15) is 10.3 Å². The lowest BCUT2D eigenvalue weighted by molar-refractivity contribution is -0.119. The van der Waals surface area contributed by atoms with Gasteiger partial charge in [-0.1, -0.05) is 47.5 Å². The lowest BCUT2D eigenvalue weighted by atomic mass is 10.0. The van der Waals surface area contributed by atoms with E-state index in [1.54, 1.807) is 11.0 Å². The number of hydrogen-bond acceptors (Lipinski definition) is 2. The summed E-state index contributed by atoms with van der Waals surface area (Å²) in [5, 5.41) is 0.692. The molecule has 3 rings (SSSR count). The Balaban J connectivity index is 1.95. The van der Waals surface area contributed by atoms with Crippen LogP contribution in [0, 0.1) is 0 Å². The van der Waals surface area contributed by atoms with E-state index in [9.17, 15) is 4.79 Å². The van der Waals surface area contributed by atoms with Crippen LogP contribution in [0.1, 0.15) is 17.5 Å². The Morgan fingerprint density at radius 3 is 2.70 bits per heavy atom. The van der Waals surface area contributed by atoms with Gasteiger partial charge in [0.2, 0.25) is 5.91 Å². The van der Waals surface area contributed by atoms with Crippen molar-refractivity contribution in [2.75, 3.05) is 4.90 Å². The maximum Gasteiger partial charge on any atom is 0.227 e. The Kier molecular flexibility index (Phi) is 3.64. The second kappa shape index (κ2) is 5.43. The van der Waals surface area contributed by atoms with Crippen molar-refractivity contribution in [1.29, 1.82) is 0 Å². The standard InChI is InChI=1S/C15H12Cl2N2O/c16-13-7-5-11(15(17)18-13)9-19-12-4-2-1-3-10(12)6-8-14(19)20/h1-5,7H,6,8-9H2. The predicted octanol–water partition coefficient (Wildman–Crippen LogP) is 3.87. The van der Waals surface area contributed by atoms with Crippen molar-refractivity contribution < 1.29 is 4.79 Å². The maximum absolute atomic E-state index is 12.2. The summed E-state index contributed by atoms with van der Waals surface area (Å²) < 4.78 is 0. The molecule has 1 aromatic heterocycles. The van der Waals surface area contributed by atoms with Crippen LogP contribution in [0.25, 0.3) is 0 Å². The van der Waals surface area contributed by atoms with Gasteiger partial charge in [-0.2, -0.15) is 0 Å². The molecule has 3 nitrogen and oxygen atoms in total. The van der Waals surface area contributed by atoms with Crippen LogP contribution in [-0.4, -0.2) is 10.9 Å². The molecule has 0 fully saturated rings. The van der Waals surface area contributed by atoms with Crippen LogP contribution in [-0.2, 0) is 17.8 Å². The first-order chi connectivity index (χ1) is 9.65. The molecule has 0 bridgehead atoms. The molecule has 0 N–H and O–H groups in total. The fraction of sp³-hybridized carbons (Fsp3) is 0.200. The molecule has 0 radical (unpaired) electrons. The van der Waals surface area contributed by atoms with Crippen LogP contribution < -0.4 is 4.90 Å². The highest BCUT2D eigenvalue weighted by Gasteiger charge is 2.24. The van der Waals surface area contributed by atoms with Gasteiger partial charge in [0, 0.05) is 17.7 Å². The number of benzene rings is 1. The van der Waals surface area contributed by atoms with E-state index < -0.39 is 0 Å². The van der Waals surface area contributed by atoms with Crippen LogP contribution in [0.3, 0.4) is 0 Å². The summed E-state index contributed by atoms with van der Waals surface area (Å²) in [5.41, 5.74) is 2.93. The molecule has 1 aromatic carbocycles. The second-order valence-electron chi connectivity index (χ2n) is 4.69. The fourth-order valence-corrected chi connectivity index (χ4v) is 2.80. The van der Waals surface area contributed by atoms with Gasteiger partial charge >= 0.3 is 0 Å². The number of amides is 1. The van der Waals surface area contributed by atoms with Gasteiger partial charge in [-0.15, -0.1) is 0 Å². The molecule has 5 heteroatoms. The summed E-state index contributed by atoms with van der Waals surface area (Å²) >= 11 is 11.9. The van der Waals surface area contributed by atoms with E-state index in [0.29, 0.717) is 23.3 Å². The third kappa shape index (κ3) is 2.51. The zero-order valence-corrected chi connectivity index (χ0v) is 12.2. The van der Waals surface area contributed by atoms with Crippen LogP contribution in [0.15, 0.2) is 36.4 Å². The Bertz CT molecular complexity index is 673. The van der Waals surface area contributed by atoms with Crippen molar-refractivity contribution in [3.63, 3.8) is 0 Å². The normalized spacial score (nSPS) is 14.3. The molecule has 2 heterocycles. The number of halogens is 2. The summed E-state index contributed by atoms with van der Waals surface area (Å²) in [6, 6.07) is 11.4. The molecular weight excluding hydrogens is 295 g/mol. The number of carbonyl (C=O) groups excluding carboxylic acids is 1. The second-order valence-corrected chi connectivity index (χ2v) is 5.44. The first-order valence-electron chi connectivity index (χ1n) is 6.34. The quantitative estimate of drug-likeness (QED) is 0.789. The zero-order chi connectivity index (χ0) is 14.1. The fourth-order valence-electron chi connectivity index (χ4n) is 2.40. The maximum atomic E-state index is 12.2. The molecule has 0 spiro atoms. The number of carbonyl (C=O) groups is 1. The van der Waals surface area contributed by atoms with Crippen LogP contribution >= 0.6 is 23.2 Å². The molecule has 102 valence electrons. The van der Waals surface area contributed by atoms with E-state index in [2.05, 4.69) is 11.1 Å². The molecule has 0 atom stereocenters. The van der Waals surface area contributed by atoms with E-state index in [1.807, 2.05) is 24.3 Å². The van der Waals surface area contributed by atoms with Gasteiger partial charge in [-0.25, -0.2) is 4.98 Å². The third-order valence-corrected chi connectivity index (χ3v) is 3.95. The molecule has 1 aliphatic heterocycles. The first-order valence-corrected chi connectivity index (χ1v) is 7.10. The summed E-state index contributed by atoms with van der Waals surface area (Å²) in [7, 11) is 0. The minimum Gasteiger partial charge on any atom is -0.308 e. The zero-order valence-electron chi connectivity index (χ0n) is 10.6. The Labute approximate surface area is 127 Å². The van der Waals surface area contributed by atoms with E-state index in [1.165, 1.54) is 5.56 Å². The van der Waals surface area contributed by atoms with Gasteiger partial charge < -0.3 is 4.90 Å². The molecular formula is C15H12Cl2N2O.